The Labute approximate surface area is 110 Å². The van der Waals surface area contributed by atoms with Crippen LogP contribution in [0.5, 0.6) is 0 Å². The van der Waals surface area contributed by atoms with Crippen LogP contribution in [0.25, 0.3) is 5.73 Å². The summed E-state index contributed by atoms with van der Waals surface area (Å²) in [6, 6.07) is 0.189. The Morgan fingerprint density at radius 2 is 1.62 bits per heavy atom. The molecule has 0 aromatic heterocycles. The van der Waals surface area contributed by atoms with Crippen LogP contribution in [0.4, 0.5) is 0 Å². The fourth-order valence-corrected chi connectivity index (χ4v) is 1.17. The molecule has 1 aliphatic heterocycles. The van der Waals surface area contributed by atoms with Gasteiger partial charge in [0.1, 0.15) is 0 Å². The Kier molecular flexibility index (Phi) is 23.3. The first-order valence-corrected chi connectivity index (χ1v) is 5.18. The van der Waals surface area contributed by atoms with Crippen molar-refractivity contribution in [2.45, 2.75) is 46.6 Å². The average Bonchev–Trinajstić information content (AvgIpc) is 2.11. The van der Waals surface area contributed by atoms with Crippen molar-refractivity contribution in [3.8, 4) is 0 Å². The predicted octanol–water partition coefficient (Wildman–Crippen LogP) is 3.18. The van der Waals surface area contributed by atoms with Crippen LogP contribution in [0.15, 0.2) is 0 Å². The van der Waals surface area contributed by atoms with Crippen molar-refractivity contribution < 1.29 is 32.7 Å². The first-order valence-electron chi connectivity index (χ1n) is 5.18. The second-order valence-electron chi connectivity index (χ2n) is 2.60. The van der Waals surface area contributed by atoms with Crippen molar-refractivity contribution in [3.63, 3.8) is 0 Å². The molecule has 0 aromatic carbocycles. The molecule has 2 nitrogen and oxygen atoms in total. The monoisotopic (exact) mass is 262 g/mol. The number of piperidine rings is 1. The van der Waals surface area contributed by atoms with Crippen molar-refractivity contribution in [1.29, 1.82) is 0 Å². The van der Waals surface area contributed by atoms with E-state index in [4.69, 9.17) is 5.73 Å². The minimum absolute atomic E-state index is 0. The van der Waals surface area contributed by atoms with Crippen molar-refractivity contribution >= 4 is 0 Å². The molecule has 0 aromatic rings. The van der Waals surface area contributed by atoms with Gasteiger partial charge in [0, 0.05) is 32.7 Å². The second kappa shape index (κ2) is 15.5. The first-order chi connectivity index (χ1) is 5.79. The van der Waals surface area contributed by atoms with E-state index in [1.54, 1.807) is 0 Å². The molecular formula is C10H25N2Y-. The van der Waals surface area contributed by atoms with Crippen LogP contribution >= 0.6 is 0 Å². The van der Waals surface area contributed by atoms with E-state index in [9.17, 15) is 0 Å². The van der Waals surface area contributed by atoms with Crippen LogP contribution in [0.1, 0.15) is 40.5 Å². The van der Waals surface area contributed by atoms with E-state index in [1.807, 2.05) is 27.7 Å². The molecule has 1 rings (SSSR count). The van der Waals surface area contributed by atoms with Gasteiger partial charge < -0.3 is 10.6 Å². The van der Waals surface area contributed by atoms with E-state index in [1.165, 1.54) is 13.0 Å². The van der Waals surface area contributed by atoms with Crippen LogP contribution in [-0.2, 0) is 32.7 Å². The SMILES string of the molecule is CC.CC.CN1CCCC([NH-])C1.[Y]. The molecule has 0 amide bonds. The van der Waals surface area contributed by atoms with Gasteiger partial charge in [0.25, 0.3) is 0 Å². The van der Waals surface area contributed by atoms with Crippen molar-refractivity contribution in [3.05, 3.63) is 5.73 Å². The number of likely N-dealkylation sites (tertiary alicyclic amines) is 1. The topological polar surface area (TPSA) is 27.0 Å². The summed E-state index contributed by atoms with van der Waals surface area (Å²) < 4.78 is 0. The summed E-state index contributed by atoms with van der Waals surface area (Å²) >= 11 is 0. The minimum Gasteiger partial charge on any atom is -0.674 e. The van der Waals surface area contributed by atoms with Gasteiger partial charge in [-0.15, -0.1) is 6.04 Å². The van der Waals surface area contributed by atoms with E-state index in [0.29, 0.717) is 0 Å². The zero-order valence-corrected chi connectivity index (χ0v) is 12.8. The maximum absolute atomic E-state index is 7.36. The summed E-state index contributed by atoms with van der Waals surface area (Å²) in [6.07, 6.45) is 2.31. The molecule has 0 aliphatic carbocycles. The van der Waals surface area contributed by atoms with Gasteiger partial charge in [-0.25, -0.2) is 0 Å². The van der Waals surface area contributed by atoms with Crippen LogP contribution in [0, 0.1) is 0 Å². The summed E-state index contributed by atoms with van der Waals surface area (Å²) in [5.41, 5.74) is 7.36. The van der Waals surface area contributed by atoms with E-state index >= 15 is 0 Å². The summed E-state index contributed by atoms with van der Waals surface area (Å²) in [7, 11) is 2.08. The number of rotatable bonds is 0. The van der Waals surface area contributed by atoms with Crippen LogP contribution in [0.2, 0.25) is 0 Å². The van der Waals surface area contributed by atoms with Gasteiger partial charge in [-0.05, 0) is 26.6 Å². The van der Waals surface area contributed by atoms with E-state index in [2.05, 4.69) is 11.9 Å². The zero-order chi connectivity index (χ0) is 9.98. The van der Waals surface area contributed by atoms with Crippen LogP contribution in [-0.4, -0.2) is 31.1 Å². The molecule has 0 saturated carbocycles. The maximum Gasteiger partial charge on any atom is 0 e. The van der Waals surface area contributed by atoms with Gasteiger partial charge in [0.2, 0.25) is 0 Å². The van der Waals surface area contributed by atoms with E-state index in [0.717, 1.165) is 13.0 Å². The van der Waals surface area contributed by atoms with Crippen molar-refractivity contribution in [2.75, 3.05) is 20.1 Å². The second-order valence-corrected chi connectivity index (χ2v) is 2.60. The Morgan fingerprint density at radius 3 is 1.85 bits per heavy atom. The molecular weight excluding hydrogens is 237 g/mol. The molecule has 1 fully saturated rings. The summed E-state index contributed by atoms with van der Waals surface area (Å²) in [4.78, 5) is 2.22. The molecule has 1 saturated heterocycles. The Balaban J connectivity index is -0.000000178. The largest absolute Gasteiger partial charge is 0.674 e. The first kappa shape index (κ1) is 19.6. The van der Waals surface area contributed by atoms with Crippen molar-refractivity contribution in [1.82, 2.24) is 4.90 Å². The zero-order valence-electron chi connectivity index (χ0n) is 9.93. The molecule has 3 heteroatoms. The third kappa shape index (κ3) is 13.0. The van der Waals surface area contributed by atoms with Crippen LogP contribution in [0.3, 0.4) is 0 Å². The Hall–Kier alpha value is 1.02. The molecule has 79 valence electrons. The fraction of sp³-hybridized carbons (Fsp3) is 1.00. The van der Waals surface area contributed by atoms with E-state index < -0.39 is 0 Å². The third-order valence-corrected chi connectivity index (χ3v) is 1.62. The van der Waals surface area contributed by atoms with E-state index in [-0.39, 0.29) is 38.8 Å². The van der Waals surface area contributed by atoms with Gasteiger partial charge in [0.05, 0.1) is 0 Å². The van der Waals surface area contributed by atoms with Gasteiger partial charge >= 0.3 is 0 Å². The smallest absolute Gasteiger partial charge is 0 e. The molecule has 0 bridgehead atoms. The molecule has 13 heavy (non-hydrogen) atoms. The summed E-state index contributed by atoms with van der Waals surface area (Å²) in [6.45, 7) is 10.2. The van der Waals surface area contributed by atoms with Gasteiger partial charge in [-0.1, -0.05) is 34.1 Å². The molecule has 1 aliphatic rings. The normalized spacial score (nSPS) is 21.2. The molecule has 1 radical (unpaired) electrons. The quantitative estimate of drug-likeness (QED) is 0.658. The molecule has 1 heterocycles. The summed E-state index contributed by atoms with van der Waals surface area (Å²) in [5.74, 6) is 0. The predicted molar refractivity (Wildman–Crippen MR) is 57.5 cm³/mol. The number of nitrogens with zero attached hydrogens (tertiary/aromatic N) is 1. The standard InChI is InChI=1S/C6H13N2.2C2H6.Y/c1-8-4-2-3-6(7)5-8;2*1-2;/h6-7H,2-5H2,1H3;2*1-2H3;/q-1;;;. The fourth-order valence-electron chi connectivity index (χ4n) is 1.17. The Bertz CT molecular complexity index is 71.3. The van der Waals surface area contributed by atoms with Gasteiger partial charge in [-0.2, -0.15) is 0 Å². The summed E-state index contributed by atoms with van der Waals surface area (Å²) in [5, 5.41) is 0. The third-order valence-electron chi connectivity index (χ3n) is 1.62. The van der Waals surface area contributed by atoms with Gasteiger partial charge in [-0.3, -0.25) is 0 Å². The van der Waals surface area contributed by atoms with Gasteiger partial charge in [0.15, 0.2) is 0 Å². The Morgan fingerprint density at radius 1 is 1.15 bits per heavy atom. The maximum atomic E-state index is 7.36. The van der Waals surface area contributed by atoms with Crippen LogP contribution < -0.4 is 0 Å². The number of hydrogen-bond acceptors (Lipinski definition) is 1. The number of hydrogen-bond donors (Lipinski definition) is 0. The minimum atomic E-state index is 0. The number of nitrogens with one attached hydrogen (secondary N) is 1. The van der Waals surface area contributed by atoms with Crippen molar-refractivity contribution in [2.24, 2.45) is 0 Å². The molecule has 1 N–H and O–H groups in total. The average molecular weight is 262 g/mol. The number of likely N-dealkylation sites (N-methyl/N-ethyl adjacent to an activating group) is 1. The molecule has 0 spiro atoms. The molecule has 1 atom stereocenters. The molecule has 1 unspecified atom stereocenters.